The first-order valence-corrected chi connectivity index (χ1v) is 12.0. The van der Waals surface area contributed by atoms with Gasteiger partial charge < -0.3 is 15.1 Å². The predicted molar refractivity (Wildman–Crippen MR) is 111 cm³/mol. The van der Waals surface area contributed by atoms with Crippen molar-refractivity contribution >= 4 is 13.5 Å². The second-order valence-corrected chi connectivity index (χ2v) is 8.58. The molecule has 0 heterocycles. The molecule has 0 aliphatic carbocycles. The zero-order valence-corrected chi connectivity index (χ0v) is 17.7. The van der Waals surface area contributed by atoms with Gasteiger partial charge in [0.2, 0.25) is 5.91 Å². The molecule has 27 heavy (non-hydrogen) atoms. The summed E-state index contributed by atoms with van der Waals surface area (Å²) in [6.45, 7) is 2.49. The second-order valence-electron chi connectivity index (χ2n) is 6.80. The van der Waals surface area contributed by atoms with Crippen LogP contribution in [-0.4, -0.2) is 28.4 Å². The summed E-state index contributed by atoms with van der Waals surface area (Å²) in [4.78, 5) is 28.8. The van der Waals surface area contributed by atoms with E-state index in [1.807, 2.05) is 0 Å². The molecule has 5 nitrogen and oxygen atoms in total. The molecular weight excluding hydrogens is 361 g/mol. The third-order valence-corrected chi connectivity index (χ3v) is 4.99. The lowest BCUT2D eigenvalue weighted by atomic mass is 10.1. The van der Waals surface area contributed by atoms with Crippen LogP contribution in [0.4, 0.5) is 0 Å². The smallest absolute Gasteiger partial charge is 0.325 e. The molecule has 0 aliphatic rings. The van der Waals surface area contributed by atoms with Crippen molar-refractivity contribution in [2.24, 2.45) is 0 Å². The average molecular weight is 397 g/mol. The highest BCUT2D eigenvalue weighted by Gasteiger charge is 2.11. The molecule has 0 aromatic rings. The van der Waals surface area contributed by atoms with Crippen LogP contribution in [0.1, 0.15) is 90.4 Å². The van der Waals surface area contributed by atoms with E-state index in [1.54, 1.807) is 0 Å². The topological polar surface area (TPSA) is 86.6 Å². The fraction of sp³-hybridized carbons (Fsp3) is 0.762. The Morgan fingerprint density at radius 2 is 1.41 bits per heavy atom. The number of carbonyl (C=O) groups is 1. The molecule has 0 unspecified atom stereocenters. The van der Waals surface area contributed by atoms with Gasteiger partial charge in [-0.1, -0.05) is 76.6 Å². The molecule has 0 spiro atoms. The number of hydrogen-bond acceptors (Lipinski definition) is 2. The summed E-state index contributed by atoms with van der Waals surface area (Å²) in [6.07, 6.45) is 14.0. The average Bonchev–Trinajstić information content (AvgIpc) is 2.61. The van der Waals surface area contributed by atoms with Crippen molar-refractivity contribution in [2.75, 3.05) is 12.7 Å². The van der Waals surface area contributed by atoms with E-state index in [2.05, 4.69) is 35.9 Å². The molecule has 1 amide bonds. The first kappa shape index (κ1) is 25.7. The van der Waals surface area contributed by atoms with Crippen LogP contribution in [0, 0.1) is 23.7 Å². The Kier molecular flexibility index (Phi) is 17.3. The van der Waals surface area contributed by atoms with Gasteiger partial charge in [0.25, 0.3) is 0 Å². The van der Waals surface area contributed by atoms with Crippen LogP contribution >= 0.6 is 7.60 Å². The zero-order chi connectivity index (χ0) is 20.2. The fourth-order valence-corrected chi connectivity index (χ4v) is 3.12. The van der Waals surface area contributed by atoms with Crippen molar-refractivity contribution in [1.82, 2.24) is 5.32 Å². The minimum absolute atomic E-state index is 0.0584. The van der Waals surface area contributed by atoms with Crippen LogP contribution in [0.2, 0.25) is 0 Å². The van der Waals surface area contributed by atoms with Crippen LogP contribution in [0.5, 0.6) is 0 Å². The molecule has 0 fully saturated rings. The monoisotopic (exact) mass is 397 g/mol. The van der Waals surface area contributed by atoms with E-state index in [-0.39, 0.29) is 31.5 Å². The number of hydrogen-bond donors (Lipinski definition) is 3. The largest absolute Gasteiger partial charge is 0.355 e. The Bertz CT molecular complexity index is 548. The van der Waals surface area contributed by atoms with E-state index in [9.17, 15) is 9.36 Å². The van der Waals surface area contributed by atoms with Crippen molar-refractivity contribution < 1.29 is 19.1 Å². The molecule has 154 valence electrons. The van der Waals surface area contributed by atoms with Gasteiger partial charge >= 0.3 is 7.60 Å². The minimum atomic E-state index is -3.98. The van der Waals surface area contributed by atoms with E-state index in [1.165, 1.54) is 57.8 Å². The summed E-state index contributed by atoms with van der Waals surface area (Å²) in [6, 6.07) is 0. The molecule has 0 radical (unpaired) electrons. The van der Waals surface area contributed by atoms with E-state index in [0.717, 1.165) is 12.8 Å². The highest BCUT2D eigenvalue weighted by molar-refractivity contribution is 7.51. The molecule has 3 N–H and O–H groups in total. The molecule has 0 atom stereocenters. The van der Waals surface area contributed by atoms with Crippen molar-refractivity contribution in [3.05, 3.63) is 0 Å². The van der Waals surface area contributed by atoms with Crippen molar-refractivity contribution in [3.63, 3.8) is 0 Å². The second kappa shape index (κ2) is 18.1. The van der Waals surface area contributed by atoms with Gasteiger partial charge in [-0.15, -0.1) is 0 Å². The maximum atomic E-state index is 11.4. The predicted octanol–water partition coefficient (Wildman–Crippen LogP) is 4.38. The summed E-state index contributed by atoms with van der Waals surface area (Å²) in [5.41, 5.74) is 0. The summed E-state index contributed by atoms with van der Waals surface area (Å²) < 4.78 is 10.6. The van der Waals surface area contributed by atoms with Crippen molar-refractivity contribution in [2.45, 2.75) is 90.4 Å². The molecule has 6 heteroatoms. The van der Waals surface area contributed by atoms with E-state index >= 15 is 0 Å². The highest BCUT2D eigenvalue weighted by atomic mass is 31.2. The molecule has 0 saturated carbocycles. The molecule has 0 aliphatic heterocycles. The van der Waals surface area contributed by atoms with Gasteiger partial charge in [-0.25, -0.2) is 0 Å². The maximum absolute atomic E-state index is 11.4. The quantitative estimate of drug-likeness (QED) is 0.217. The Morgan fingerprint density at radius 1 is 0.852 bits per heavy atom. The van der Waals surface area contributed by atoms with Gasteiger partial charge in [0, 0.05) is 13.0 Å². The summed E-state index contributed by atoms with van der Waals surface area (Å²) >= 11 is 0. The van der Waals surface area contributed by atoms with Crippen LogP contribution in [-0.2, 0) is 9.36 Å². The molecule has 0 saturated heterocycles. The first-order valence-electron chi connectivity index (χ1n) is 10.2. The lowest BCUT2D eigenvalue weighted by Gasteiger charge is -2.04. The van der Waals surface area contributed by atoms with Gasteiger partial charge in [-0.05, 0) is 24.7 Å². The van der Waals surface area contributed by atoms with E-state index in [0.29, 0.717) is 0 Å². The maximum Gasteiger partial charge on any atom is 0.325 e. The molecule has 0 rings (SSSR count). The Balaban J connectivity index is 3.48. The SMILES string of the molecule is CCCCCCCCCCCCC#CC#CCC(=O)NCCCP(=O)(O)O. The van der Waals surface area contributed by atoms with E-state index in [4.69, 9.17) is 9.79 Å². The fourth-order valence-electron chi connectivity index (χ4n) is 2.55. The van der Waals surface area contributed by atoms with Gasteiger partial charge in [-0.3, -0.25) is 9.36 Å². The Morgan fingerprint density at radius 3 is 2.00 bits per heavy atom. The van der Waals surface area contributed by atoms with Gasteiger partial charge in [0.15, 0.2) is 0 Å². The normalized spacial score (nSPS) is 10.5. The molecule has 0 aromatic heterocycles. The number of rotatable bonds is 15. The van der Waals surface area contributed by atoms with Crippen molar-refractivity contribution in [1.29, 1.82) is 0 Å². The summed E-state index contributed by atoms with van der Waals surface area (Å²) in [5, 5.41) is 2.57. The van der Waals surface area contributed by atoms with Crippen molar-refractivity contribution in [3.8, 4) is 23.7 Å². The molecule has 0 aromatic carbocycles. The number of carbonyl (C=O) groups excluding carboxylic acids is 1. The number of amides is 1. The summed E-state index contributed by atoms with van der Waals surface area (Å²) in [7, 11) is -3.98. The molecular formula is C21H36NO4P. The number of unbranched alkanes of at least 4 members (excludes halogenated alkanes) is 10. The van der Waals surface area contributed by atoms with E-state index < -0.39 is 7.60 Å². The molecule has 0 bridgehead atoms. The summed E-state index contributed by atoms with van der Waals surface area (Å²) in [5.74, 6) is 10.9. The number of nitrogens with one attached hydrogen (secondary N) is 1. The van der Waals surface area contributed by atoms with Gasteiger partial charge in [0.05, 0.1) is 12.6 Å². The minimum Gasteiger partial charge on any atom is -0.355 e. The zero-order valence-electron chi connectivity index (χ0n) is 16.8. The van der Waals surface area contributed by atoms with Crippen LogP contribution in [0.3, 0.4) is 0 Å². The lowest BCUT2D eigenvalue weighted by molar-refractivity contribution is -0.120. The Labute approximate surface area is 165 Å². The van der Waals surface area contributed by atoms with Crippen LogP contribution in [0.25, 0.3) is 0 Å². The van der Waals surface area contributed by atoms with Gasteiger partial charge in [-0.2, -0.15) is 0 Å². The third-order valence-electron chi connectivity index (χ3n) is 4.09. The van der Waals surface area contributed by atoms with Crippen LogP contribution in [0.15, 0.2) is 0 Å². The lowest BCUT2D eigenvalue weighted by Crippen LogP contribution is -2.24. The van der Waals surface area contributed by atoms with Crippen LogP contribution < -0.4 is 5.32 Å². The third kappa shape index (κ3) is 22.7. The van der Waals surface area contributed by atoms with Gasteiger partial charge in [0.1, 0.15) is 0 Å². The highest BCUT2D eigenvalue weighted by Crippen LogP contribution is 2.34. The standard InChI is InChI=1S/C21H36NO4P/c1-2-3-4-5-6-7-8-9-10-11-12-13-14-15-16-18-21(23)22-19-17-20-27(24,25)26/h2-12,17-20H2,1H3,(H,22,23)(H2,24,25,26). The first-order chi connectivity index (χ1) is 13.0. The Hall–Kier alpha value is -1.26.